The molecule has 3 rings (SSSR count). The number of hydrogen-bond donors (Lipinski definition) is 2. The van der Waals surface area contributed by atoms with Crippen molar-refractivity contribution >= 4 is 17.8 Å². The molecule has 6 heteroatoms. The molecule has 0 unspecified atom stereocenters. The van der Waals surface area contributed by atoms with Crippen LogP contribution in [0.25, 0.3) is 0 Å². The lowest BCUT2D eigenvalue weighted by atomic mass is 9.73. The lowest BCUT2D eigenvalue weighted by Crippen LogP contribution is -2.54. The van der Waals surface area contributed by atoms with Crippen LogP contribution in [0.1, 0.15) is 63.5 Å². The van der Waals surface area contributed by atoms with E-state index in [4.69, 9.17) is 0 Å². The zero-order valence-electron chi connectivity index (χ0n) is 17.1. The van der Waals surface area contributed by atoms with Crippen molar-refractivity contribution in [1.29, 1.82) is 0 Å². The first-order valence-electron chi connectivity index (χ1n) is 10.3. The highest BCUT2D eigenvalue weighted by molar-refractivity contribution is 6.09. The van der Waals surface area contributed by atoms with Gasteiger partial charge < -0.3 is 10.6 Å². The summed E-state index contributed by atoms with van der Waals surface area (Å²) < 4.78 is 0. The van der Waals surface area contributed by atoms with Crippen LogP contribution < -0.4 is 10.6 Å². The molecule has 1 saturated carbocycles. The Kier molecular flexibility index (Phi) is 6.06. The van der Waals surface area contributed by atoms with Crippen LogP contribution in [0.3, 0.4) is 0 Å². The van der Waals surface area contributed by atoms with Crippen molar-refractivity contribution in [2.45, 2.75) is 64.3 Å². The topological polar surface area (TPSA) is 78.5 Å². The fraction of sp³-hybridized carbons (Fsp3) is 0.591. The highest BCUT2D eigenvalue weighted by atomic mass is 16.2. The SMILES string of the molecule is CC(C)c1ccc(CCNC(=O)CN2C(=O)N[C@]3(CCCC[C@@H]3C)C2=O)cc1. The van der Waals surface area contributed by atoms with Gasteiger partial charge in [-0.05, 0) is 42.2 Å². The van der Waals surface area contributed by atoms with Crippen LogP contribution in [-0.4, -0.2) is 41.4 Å². The van der Waals surface area contributed by atoms with Gasteiger partial charge in [0.2, 0.25) is 5.91 Å². The molecule has 152 valence electrons. The molecule has 1 saturated heterocycles. The van der Waals surface area contributed by atoms with Crippen molar-refractivity contribution < 1.29 is 14.4 Å². The number of urea groups is 1. The standard InChI is InChI=1S/C22H31N3O3/c1-15(2)18-9-7-17(8-10-18)11-13-23-19(26)14-25-20(27)22(24-21(25)28)12-5-4-6-16(22)3/h7-10,15-16H,4-6,11-14H2,1-3H3,(H,23,26)(H,24,28)/t16-,22-/m0/s1. The molecular formula is C22H31N3O3. The molecule has 28 heavy (non-hydrogen) atoms. The summed E-state index contributed by atoms with van der Waals surface area (Å²) >= 11 is 0. The van der Waals surface area contributed by atoms with E-state index in [9.17, 15) is 14.4 Å². The van der Waals surface area contributed by atoms with Crippen LogP contribution in [0.2, 0.25) is 0 Å². The van der Waals surface area contributed by atoms with E-state index in [-0.39, 0.29) is 24.3 Å². The third kappa shape index (κ3) is 4.05. The van der Waals surface area contributed by atoms with Crippen molar-refractivity contribution in [3.63, 3.8) is 0 Å². The molecule has 1 heterocycles. The van der Waals surface area contributed by atoms with Gasteiger partial charge in [-0.3, -0.25) is 14.5 Å². The van der Waals surface area contributed by atoms with Crippen LogP contribution in [0.5, 0.6) is 0 Å². The molecule has 0 radical (unpaired) electrons. The Labute approximate surface area is 167 Å². The molecule has 4 amide bonds. The number of amides is 4. The Bertz CT molecular complexity index is 744. The number of carbonyl (C=O) groups excluding carboxylic acids is 3. The van der Waals surface area contributed by atoms with Gasteiger partial charge in [0.1, 0.15) is 12.1 Å². The van der Waals surface area contributed by atoms with Crippen molar-refractivity contribution in [1.82, 2.24) is 15.5 Å². The lowest BCUT2D eigenvalue weighted by Gasteiger charge is -2.36. The summed E-state index contributed by atoms with van der Waals surface area (Å²) in [6.07, 6.45) is 4.28. The Morgan fingerprint density at radius 2 is 1.96 bits per heavy atom. The second-order valence-corrected chi connectivity index (χ2v) is 8.44. The van der Waals surface area contributed by atoms with Crippen LogP contribution in [-0.2, 0) is 16.0 Å². The summed E-state index contributed by atoms with van der Waals surface area (Å²) in [6, 6.07) is 7.93. The first kappa shape index (κ1) is 20.4. The van der Waals surface area contributed by atoms with E-state index in [0.717, 1.165) is 29.7 Å². The summed E-state index contributed by atoms with van der Waals surface area (Å²) in [5.41, 5.74) is 1.63. The quantitative estimate of drug-likeness (QED) is 0.739. The molecule has 1 aromatic rings. The number of nitrogens with one attached hydrogen (secondary N) is 2. The zero-order chi connectivity index (χ0) is 20.3. The number of hydrogen-bond acceptors (Lipinski definition) is 3. The van der Waals surface area contributed by atoms with Gasteiger partial charge in [-0.2, -0.15) is 0 Å². The Hall–Kier alpha value is -2.37. The maximum Gasteiger partial charge on any atom is 0.325 e. The highest BCUT2D eigenvalue weighted by Crippen LogP contribution is 2.38. The third-order valence-corrected chi connectivity index (χ3v) is 6.19. The van der Waals surface area contributed by atoms with E-state index in [1.165, 1.54) is 5.56 Å². The molecule has 1 spiro atoms. The van der Waals surface area contributed by atoms with Crippen molar-refractivity contribution in [2.75, 3.05) is 13.1 Å². The smallest absolute Gasteiger partial charge is 0.325 e. The van der Waals surface area contributed by atoms with E-state index in [0.29, 0.717) is 25.3 Å². The maximum absolute atomic E-state index is 12.9. The van der Waals surface area contributed by atoms with Crippen LogP contribution in [0.15, 0.2) is 24.3 Å². The molecule has 6 nitrogen and oxygen atoms in total. The highest BCUT2D eigenvalue weighted by Gasteiger charge is 2.55. The van der Waals surface area contributed by atoms with Gasteiger partial charge in [0.05, 0.1) is 0 Å². The van der Waals surface area contributed by atoms with Gasteiger partial charge in [-0.1, -0.05) is 57.9 Å². The predicted octanol–water partition coefficient (Wildman–Crippen LogP) is 2.97. The second-order valence-electron chi connectivity index (χ2n) is 8.44. The van der Waals surface area contributed by atoms with Crippen LogP contribution in [0, 0.1) is 5.92 Å². The van der Waals surface area contributed by atoms with Gasteiger partial charge >= 0.3 is 6.03 Å². The Balaban J connectivity index is 1.50. The number of benzene rings is 1. The largest absolute Gasteiger partial charge is 0.354 e. The van der Waals surface area contributed by atoms with Gasteiger partial charge in [-0.15, -0.1) is 0 Å². The first-order chi connectivity index (χ1) is 13.3. The van der Waals surface area contributed by atoms with Crippen molar-refractivity contribution in [3.05, 3.63) is 35.4 Å². The molecule has 1 aliphatic carbocycles. The summed E-state index contributed by atoms with van der Waals surface area (Å²) in [5, 5.41) is 5.70. The second kappa shape index (κ2) is 8.33. The summed E-state index contributed by atoms with van der Waals surface area (Å²) in [4.78, 5) is 38.6. The van der Waals surface area contributed by atoms with Crippen molar-refractivity contribution in [2.24, 2.45) is 5.92 Å². The molecule has 2 atom stereocenters. The average molecular weight is 386 g/mol. The molecule has 2 aliphatic rings. The summed E-state index contributed by atoms with van der Waals surface area (Å²) in [6.45, 7) is 6.58. The maximum atomic E-state index is 12.9. The normalized spacial score (nSPS) is 24.7. The fourth-order valence-electron chi connectivity index (χ4n) is 4.25. The van der Waals surface area contributed by atoms with E-state index < -0.39 is 11.6 Å². The van der Waals surface area contributed by atoms with Gasteiger partial charge in [0, 0.05) is 6.54 Å². The zero-order valence-corrected chi connectivity index (χ0v) is 17.1. The predicted molar refractivity (Wildman–Crippen MR) is 108 cm³/mol. The number of imide groups is 1. The molecule has 0 bridgehead atoms. The average Bonchev–Trinajstić information content (AvgIpc) is 2.89. The molecule has 0 aromatic heterocycles. The Morgan fingerprint density at radius 1 is 1.25 bits per heavy atom. The lowest BCUT2D eigenvalue weighted by molar-refractivity contribution is -0.137. The van der Waals surface area contributed by atoms with Crippen LogP contribution in [0.4, 0.5) is 4.79 Å². The summed E-state index contributed by atoms with van der Waals surface area (Å²) in [7, 11) is 0. The van der Waals surface area contributed by atoms with E-state index in [1.807, 2.05) is 6.92 Å². The molecule has 1 aliphatic heterocycles. The van der Waals surface area contributed by atoms with Gasteiger partial charge in [0.15, 0.2) is 0 Å². The monoisotopic (exact) mass is 385 g/mol. The minimum absolute atomic E-state index is 0.0968. The molecular weight excluding hydrogens is 354 g/mol. The number of rotatable bonds is 6. The minimum atomic E-state index is -0.812. The number of carbonyl (C=O) groups is 3. The minimum Gasteiger partial charge on any atom is -0.354 e. The van der Waals surface area contributed by atoms with E-state index in [2.05, 4.69) is 48.7 Å². The van der Waals surface area contributed by atoms with Crippen molar-refractivity contribution in [3.8, 4) is 0 Å². The van der Waals surface area contributed by atoms with Crippen LogP contribution >= 0.6 is 0 Å². The fourth-order valence-corrected chi connectivity index (χ4v) is 4.25. The van der Waals surface area contributed by atoms with E-state index in [1.54, 1.807) is 0 Å². The van der Waals surface area contributed by atoms with E-state index >= 15 is 0 Å². The number of nitrogens with zero attached hydrogens (tertiary/aromatic N) is 1. The first-order valence-corrected chi connectivity index (χ1v) is 10.3. The van der Waals surface area contributed by atoms with Gasteiger partial charge in [-0.25, -0.2) is 4.79 Å². The third-order valence-electron chi connectivity index (χ3n) is 6.19. The molecule has 2 fully saturated rings. The summed E-state index contributed by atoms with van der Waals surface area (Å²) in [5.74, 6) is 0.0413. The molecule has 2 N–H and O–H groups in total. The van der Waals surface area contributed by atoms with Gasteiger partial charge in [0.25, 0.3) is 5.91 Å². The molecule has 1 aromatic carbocycles. The Morgan fingerprint density at radius 3 is 2.61 bits per heavy atom.